The summed E-state index contributed by atoms with van der Waals surface area (Å²) in [6.07, 6.45) is -0.694. The number of hydrogen-bond acceptors (Lipinski definition) is 3. The van der Waals surface area contributed by atoms with Gasteiger partial charge in [-0.1, -0.05) is 30.3 Å². The van der Waals surface area contributed by atoms with Gasteiger partial charge in [-0.05, 0) is 12.0 Å². The Morgan fingerprint density at radius 2 is 1.95 bits per heavy atom. The van der Waals surface area contributed by atoms with Crippen molar-refractivity contribution in [2.75, 3.05) is 20.1 Å². The maximum absolute atomic E-state index is 11.7. The van der Waals surface area contributed by atoms with Crippen molar-refractivity contribution in [2.45, 2.75) is 18.9 Å². The molecule has 0 spiro atoms. The van der Waals surface area contributed by atoms with E-state index in [2.05, 4.69) is 5.32 Å². The van der Waals surface area contributed by atoms with Crippen molar-refractivity contribution in [1.29, 1.82) is 0 Å². The average molecular weight is 280 g/mol. The highest BCUT2D eigenvalue weighted by atomic mass is 16.4. The van der Waals surface area contributed by atoms with Crippen molar-refractivity contribution in [3.8, 4) is 0 Å². The second kappa shape index (κ2) is 8.16. The minimum Gasteiger partial charge on any atom is -0.479 e. The number of aliphatic hydroxyl groups excluding tert-OH is 1. The predicted molar refractivity (Wildman–Crippen MR) is 74.4 cm³/mol. The topological polar surface area (TPSA) is 89.9 Å². The van der Waals surface area contributed by atoms with Crippen LogP contribution in [0.3, 0.4) is 0 Å². The van der Waals surface area contributed by atoms with Gasteiger partial charge >= 0.3 is 12.0 Å². The summed E-state index contributed by atoms with van der Waals surface area (Å²) in [6, 6.07) is 9.54. The Labute approximate surface area is 118 Å². The number of rotatable bonds is 7. The van der Waals surface area contributed by atoms with Gasteiger partial charge in [0.2, 0.25) is 0 Å². The lowest BCUT2D eigenvalue weighted by Crippen LogP contribution is -2.40. The van der Waals surface area contributed by atoms with E-state index in [1.807, 2.05) is 30.3 Å². The normalized spacial score (nSPS) is 11.7. The molecule has 1 atom stereocenters. The number of carbonyl (C=O) groups excluding carboxylic acids is 1. The van der Waals surface area contributed by atoms with Gasteiger partial charge in [-0.3, -0.25) is 0 Å². The van der Waals surface area contributed by atoms with E-state index >= 15 is 0 Å². The lowest BCUT2D eigenvalue weighted by molar-refractivity contribution is -0.146. The fourth-order valence-electron chi connectivity index (χ4n) is 1.62. The van der Waals surface area contributed by atoms with Crippen LogP contribution >= 0.6 is 0 Å². The van der Waals surface area contributed by atoms with Crippen LogP contribution in [0.25, 0.3) is 0 Å². The van der Waals surface area contributed by atoms with E-state index in [0.717, 1.165) is 12.0 Å². The second-order valence-electron chi connectivity index (χ2n) is 4.53. The van der Waals surface area contributed by atoms with E-state index in [0.29, 0.717) is 6.54 Å². The van der Waals surface area contributed by atoms with Crippen LogP contribution in [0.4, 0.5) is 4.79 Å². The Morgan fingerprint density at radius 1 is 1.30 bits per heavy atom. The molecule has 1 rings (SSSR count). The Balaban J connectivity index is 2.24. The molecule has 1 unspecified atom stereocenters. The molecule has 1 aromatic carbocycles. The van der Waals surface area contributed by atoms with Crippen molar-refractivity contribution in [2.24, 2.45) is 0 Å². The summed E-state index contributed by atoms with van der Waals surface area (Å²) in [6.45, 7) is 0.694. The van der Waals surface area contributed by atoms with Crippen LogP contribution in [0.5, 0.6) is 0 Å². The fraction of sp³-hybridized carbons (Fsp3) is 0.429. The Morgan fingerprint density at radius 3 is 2.55 bits per heavy atom. The summed E-state index contributed by atoms with van der Waals surface area (Å²) in [5.74, 6) is -1.28. The van der Waals surface area contributed by atoms with Crippen LogP contribution < -0.4 is 5.32 Å². The number of urea groups is 1. The van der Waals surface area contributed by atoms with E-state index in [4.69, 9.17) is 10.2 Å². The van der Waals surface area contributed by atoms with E-state index < -0.39 is 12.1 Å². The van der Waals surface area contributed by atoms with Gasteiger partial charge in [-0.15, -0.1) is 0 Å². The van der Waals surface area contributed by atoms with Crippen LogP contribution in [0.1, 0.15) is 12.0 Å². The van der Waals surface area contributed by atoms with Crippen molar-refractivity contribution < 1.29 is 19.8 Å². The Hall–Kier alpha value is -2.08. The van der Waals surface area contributed by atoms with Gasteiger partial charge in [0.25, 0.3) is 0 Å². The number of carboxylic acids is 1. The third-order valence-corrected chi connectivity index (χ3v) is 2.90. The maximum atomic E-state index is 11.7. The first-order valence-corrected chi connectivity index (χ1v) is 6.44. The van der Waals surface area contributed by atoms with E-state index in [9.17, 15) is 9.59 Å². The SMILES string of the molecule is CN(CCc1ccccc1)C(=O)NCCC(O)C(=O)O. The molecule has 110 valence electrons. The molecule has 0 aliphatic carbocycles. The third kappa shape index (κ3) is 5.71. The van der Waals surface area contributed by atoms with Gasteiger partial charge in [0, 0.05) is 26.6 Å². The van der Waals surface area contributed by atoms with Crippen LogP contribution in [0.2, 0.25) is 0 Å². The quantitative estimate of drug-likeness (QED) is 0.686. The molecule has 20 heavy (non-hydrogen) atoms. The lowest BCUT2D eigenvalue weighted by atomic mass is 10.1. The Bertz CT molecular complexity index is 436. The van der Waals surface area contributed by atoms with Crippen LogP contribution in [0, 0.1) is 0 Å². The molecule has 0 fully saturated rings. The summed E-state index contributed by atoms with van der Waals surface area (Å²) in [5, 5.41) is 20.1. The number of carbonyl (C=O) groups is 2. The molecule has 0 radical (unpaired) electrons. The Kier molecular flexibility index (Phi) is 6.52. The molecule has 0 aromatic heterocycles. The summed E-state index contributed by atoms with van der Waals surface area (Å²) < 4.78 is 0. The number of amides is 2. The van der Waals surface area contributed by atoms with Crippen molar-refractivity contribution >= 4 is 12.0 Å². The molecule has 0 heterocycles. The van der Waals surface area contributed by atoms with Crippen LogP contribution in [0.15, 0.2) is 30.3 Å². The molecule has 0 bridgehead atoms. The molecule has 0 saturated carbocycles. The predicted octanol–water partition coefficient (Wildman–Crippen LogP) is 0.706. The van der Waals surface area contributed by atoms with Crippen LogP contribution in [-0.2, 0) is 11.2 Å². The van der Waals surface area contributed by atoms with Crippen molar-refractivity contribution in [3.63, 3.8) is 0 Å². The van der Waals surface area contributed by atoms with Gasteiger partial charge in [0.15, 0.2) is 6.10 Å². The zero-order valence-corrected chi connectivity index (χ0v) is 11.5. The summed E-state index contributed by atoms with van der Waals surface area (Å²) in [4.78, 5) is 23.6. The number of aliphatic hydroxyl groups is 1. The molecule has 2 amide bonds. The molecule has 6 heteroatoms. The van der Waals surface area contributed by atoms with Gasteiger partial charge < -0.3 is 20.4 Å². The molecule has 0 aliphatic heterocycles. The van der Waals surface area contributed by atoms with Gasteiger partial charge in [0.05, 0.1) is 0 Å². The first kappa shape index (κ1) is 16.0. The standard InChI is InChI=1S/C14H20N2O4/c1-16(10-8-11-5-3-2-4-6-11)14(20)15-9-7-12(17)13(18)19/h2-6,12,17H,7-10H2,1H3,(H,15,20)(H,18,19). The zero-order chi connectivity index (χ0) is 15.0. The highest BCUT2D eigenvalue weighted by molar-refractivity contribution is 5.74. The molecular formula is C14H20N2O4. The third-order valence-electron chi connectivity index (χ3n) is 2.90. The molecule has 0 saturated heterocycles. The number of carboxylic acid groups (broad SMARTS) is 1. The molecule has 6 nitrogen and oxygen atoms in total. The van der Waals surface area contributed by atoms with Gasteiger partial charge in [-0.2, -0.15) is 0 Å². The number of likely N-dealkylation sites (N-methyl/N-ethyl adjacent to an activating group) is 1. The summed E-state index contributed by atoms with van der Waals surface area (Å²) >= 11 is 0. The highest BCUT2D eigenvalue weighted by Crippen LogP contribution is 2.00. The number of benzene rings is 1. The lowest BCUT2D eigenvalue weighted by Gasteiger charge is -2.18. The van der Waals surface area contributed by atoms with Gasteiger partial charge in [-0.25, -0.2) is 9.59 Å². The van der Waals surface area contributed by atoms with Crippen molar-refractivity contribution in [1.82, 2.24) is 10.2 Å². The van der Waals surface area contributed by atoms with E-state index in [1.165, 1.54) is 4.90 Å². The average Bonchev–Trinajstić information content (AvgIpc) is 2.45. The zero-order valence-electron chi connectivity index (χ0n) is 11.5. The minimum absolute atomic E-state index is 0.00635. The monoisotopic (exact) mass is 280 g/mol. The first-order chi connectivity index (χ1) is 9.50. The number of aliphatic carboxylic acids is 1. The molecular weight excluding hydrogens is 260 g/mol. The fourth-order valence-corrected chi connectivity index (χ4v) is 1.62. The number of nitrogens with one attached hydrogen (secondary N) is 1. The maximum Gasteiger partial charge on any atom is 0.332 e. The smallest absolute Gasteiger partial charge is 0.332 e. The van der Waals surface area contributed by atoms with Gasteiger partial charge in [0.1, 0.15) is 0 Å². The summed E-state index contributed by atoms with van der Waals surface area (Å²) in [7, 11) is 1.67. The molecule has 1 aromatic rings. The van der Waals surface area contributed by atoms with E-state index in [1.54, 1.807) is 7.05 Å². The van der Waals surface area contributed by atoms with E-state index in [-0.39, 0.29) is 19.0 Å². The minimum atomic E-state index is -1.44. The van der Waals surface area contributed by atoms with Crippen molar-refractivity contribution in [3.05, 3.63) is 35.9 Å². The van der Waals surface area contributed by atoms with Crippen LogP contribution in [-0.4, -0.2) is 53.4 Å². The molecule has 0 aliphatic rings. The number of hydrogen-bond donors (Lipinski definition) is 3. The largest absolute Gasteiger partial charge is 0.479 e. The first-order valence-electron chi connectivity index (χ1n) is 6.44. The molecule has 3 N–H and O–H groups in total. The second-order valence-corrected chi connectivity index (χ2v) is 4.53. The summed E-state index contributed by atoms with van der Waals surface area (Å²) in [5.41, 5.74) is 1.15. The number of nitrogens with zero attached hydrogens (tertiary/aromatic N) is 1. The highest BCUT2D eigenvalue weighted by Gasteiger charge is 2.14.